The minimum atomic E-state index is -0.0850. The van der Waals surface area contributed by atoms with Crippen LogP contribution in [-0.2, 0) is 0 Å². The lowest BCUT2D eigenvalue weighted by atomic mass is 10.00. The van der Waals surface area contributed by atoms with Crippen molar-refractivity contribution in [2.24, 2.45) is 0 Å². The second-order valence-electron chi connectivity index (χ2n) is 6.58. The first-order chi connectivity index (χ1) is 12.7. The summed E-state index contributed by atoms with van der Waals surface area (Å²) in [5.41, 5.74) is 2.37. The van der Waals surface area contributed by atoms with Crippen molar-refractivity contribution in [2.45, 2.75) is 13.0 Å². The average Bonchev–Trinajstić information content (AvgIpc) is 3.20. The van der Waals surface area contributed by atoms with Crippen LogP contribution in [0.15, 0.2) is 41.8 Å². The van der Waals surface area contributed by atoms with Crippen molar-refractivity contribution in [2.75, 3.05) is 44.7 Å². The van der Waals surface area contributed by atoms with Crippen LogP contribution in [0.25, 0.3) is 0 Å². The summed E-state index contributed by atoms with van der Waals surface area (Å²) in [5, 5.41) is 5.35. The van der Waals surface area contributed by atoms with Crippen molar-refractivity contribution in [3.8, 4) is 0 Å². The molecule has 2 heterocycles. The molecule has 1 atom stereocenters. The molecule has 0 spiro atoms. The number of urea groups is 1. The molecule has 0 unspecified atom stereocenters. The molecule has 2 aromatic rings. The second kappa shape index (κ2) is 9.44. The second-order valence-corrected chi connectivity index (χ2v) is 8.54. The lowest BCUT2D eigenvalue weighted by Gasteiger charge is -2.35. The number of thioether (sulfide) groups is 1. The summed E-state index contributed by atoms with van der Waals surface area (Å²) < 4.78 is 0. The Morgan fingerprint density at radius 3 is 2.62 bits per heavy atom. The number of hydrogen-bond acceptors (Lipinski definition) is 4. The van der Waals surface area contributed by atoms with E-state index >= 15 is 0 Å². The van der Waals surface area contributed by atoms with Gasteiger partial charge in [0.15, 0.2) is 0 Å². The fraction of sp³-hybridized carbons (Fsp3) is 0.450. The SMILES string of the molecule is CSCCN1CCN(C(=O)N[C@H](c2cccs2)c2ccccc2C)CC1. The van der Waals surface area contributed by atoms with Crippen molar-refractivity contribution >= 4 is 29.1 Å². The van der Waals surface area contributed by atoms with E-state index in [-0.39, 0.29) is 12.1 Å². The van der Waals surface area contributed by atoms with Gasteiger partial charge in [0, 0.05) is 43.4 Å². The van der Waals surface area contributed by atoms with Crippen molar-refractivity contribution in [1.29, 1.82) is 0 Å². The monoisotopic (exact) mass is 389 g/mol. The minimum absolute atomic E-state index is 0.0381. The zero-order valence-corrected chi connectivity index (χ0v) is 17.1. The molecule has 0 bridgehead atoms. The van der Waals surface area contributed by atoms with E-state index < -0.39 is 0 Å². The number of carbonyl (C=O) groups excluding carboxylic acids is 1. The highest BCUT2D eigenvalue weighted by Crippen LogP contribution is 2.28. The predicted octanol–water partition coefficient (Wildman–Crippen LogP) is 3.84. The summed E-state index contributed by atoms with van der Waals surface area (Å²) in [4.78, 5) is 18.5. The molecule has 1 aromatic heterocycles. The molecular formula is C20H27N3OS2. The number of aryl methyl sites for hydroxylation is 1. The highest BCUT2D eigenvalue weighted by Gasteiger charge is 2.25. The number of nitrogens with one attached hydrogen (secondary N) is 1. The third-order valence-electron chi connectivity index (χ3n) is 4.87. The van der Waals surface area contributed by atoms with E-state index in [0.717, 1.165) is 38.5 Å². The van der Waals surface area contributed by atoms with Gasteiger partial charge in [-0.3, -0.25) is 4.90 Å². The van der Waals surface area contributed by atoms with Gasteiger partial charge >= 0.3 is 6.03 Å². The van der Waals surface area contributed by atoms with Gasteiger partial charge in [-0.2, -0.15) is 11.8 Å². The molecule has 6 heteroatoms. The van der Waals surface area contributed by atoms with Crippen LogP contribution < -0.4 is 5.32 Å². The first kappa shape index (κ1) is 19.3. The zero-order chi connectivity index (χ0) is 18.4. The van der Waals surface area contributed by atoms with Gasteiger partial charge in [0.25, 0.3) is 0 Å². The molecular weight excluding hydrogens is 362 g/mol. The van der Waals surface area contributed by atoms with E-state index in [2.05, 4.69) is 47.0 Å². The van der Waals surface area contributed by atoms with Gasteiger partial charge < -0.3 is 10.2 Å². The molecule has 140 valence electrons. The summed E-state index contributed by atoms with van der Waals surface area (Å²) in [6.45, 7) is 6.73. The maximum Gasteiger partial charge on any atom is 0.318 e. The highest BCUT2D eigenvalue weighted by atomic mass is 32.2. The van der Waals surface area contributed by atoms with Crippen LogP contribution in [-0.4, -0.2) is 60.6 Å². The minimum Gasteiger partial charge on any atom is -0.326 e. The van der Waals surface area contributed by atoms with Crippen molar-refractivity contribution in [3.63, 3.8) is 0 Å². The Bertz CT molecular complexity index is 697. The Morgan fingerprint density at radius 1 is 1.19 bits per heavy atom. The van der Waals surface area contributed by atoms with E-state index in [0.29, 0.717) is 0 Å². The molecule has 0 saturated carbocycles. The van der Waals surface area contributed by atoms with Gasteiger partial charge in [-0.05, 0) is 35.8 Å². The lowest BCUT2D eigenvalue weighted by molar-refractivity contribution is 0.142. The molecule has 1 fully saturated rings. The van der Waals surface area contributed by atoms with E-state index in [4.69, 9.17) is 0 Å². The van der Waals surface area contributed by atoms with Crippen LogP contribution in [0, 0.1) is 6.92 Å². The van der Waals surface area contributed by atoms with E-state index in [1.165, 1.54) is 16.0 Å². The third-order valence-corrected chi connectivity index (χ3v) is 6.39. The zero-order valence-electron chi connectivity index (χ0n) is 15.5. The normalized spacial score (nSPS) is 16.5. The van der Waals surface area contributed by atoms with Crippen LogP contribution in [0.3, 0.4) is 0 Å². The fourth-order valence-corrected chi connectivity index (χ4v) is 4.51. The number of carbonyl (C=O) groups is 1. The quantitative estimate of drug-likeness (QED) is 0.815. The van der Waals surface area contributed by atoms with E-state index in [1.807, 2.05) is 34.9 Å². The molecule has 1 N–H and O–H groups in total. The fourth-order valence-electron chi connectivity index (χ4n) is 3.28. The molecule has 3 rings (SSSR count). The summed E-state index contributed by atoms with van der Waals surface area (Å²) in [7, 11) is 0. The van der Waals surface area contributed by atoms with Crippen molar-refractivity contribution in [1.82, 2.24) is 15.1 Å². The van der Waals surface area contributed by atoms with Crippen molar-refractivity contribution < 1.29 is 4.79 Å². The number of amides is 2. The molecule has 1 aliphatic heterocycles. The van der Waals surface area contributed by atoms with Gasteiger partial charge in [0.2, 0.25) is 0 Å². The number of piperazine rings is 1. The van der Waals surface area contributed by atoms with Crippen LogP contribution in [0.2, 0.25) is 0 Å². The van der Waals surface area contributed by atoms with E-state index in [1.54, 1.807) is 11.3 Å². The van der Waals surface area contributed by atoms with Crippen LogP contribution in [0.4, 0.5) is 4.79 Å². The van der Waals surface area contributed by atoms with Crippen molar-refractivity contribution in [3.05, 3.63) is 57.8 Å². The Labute approximate surface area is 164 Å². The van der Waals surface area contributed by atoms with Gasteiger partial charge in [-0.1, -0.05) is 30.3 Å². The van der Waals surface area contributed by atoms with Gasteiger partial charge in [0.1, 0.15) is 0 Å². The van der Waals surface area contributed by atoms with Crippen LogP contribution in [0.1, 0.15) is 22.0 Å². The molecule has 0 aliphatic carbocycles. The smallest absolute Gasteiger partial charge is 0.318 e. The summed E-state index contributed by atoms with van der Waals surface area (Å²) in [6, 6.07) is 12.4. The first-order valence-electron chi connectivity index (χ1n) is 9.04. The molecule has 1 aliphatic rings. The number of rotatable bonds is 6. The standard InChI is InChI=1S/C20H27N3OS2/c1-16-6-3-4-7-17(16)19(18-8-5-14-26-18)21-20(24)23-11-9-22(10-12-23)13-15-25-2/h3-8,14,19H,9-13,15H2,1-2H3,(H,21,24)/t19-/m0/s1. The van der Waals surface area contributed by atoms with E-state index in [9.17, 15) is 4.79 Å². The third kappa shape index (κ3) is 4.81. The van der Waals surface area contributed by atoms with Crippen LogP contribution >= 0.6 is 23.1 Å². The topological polar surface area (TPSA) is 35.6 Å². The molecule has 2 amide bonds. The number of hydrogen-bond donors (Lipinski definition) is 1. The summed E-state index contributed by atoms with van der Waals surface area (Å²) in [5.74, 6) is 1.15. The Kier molecular flexibility index (Phi) is 7.00. The first-order valence-corrected chi connectivity index (χ1v) is 11.3. The lowest BCUT2D eigenvalue weighted by Crippen LogP contribution is -2.52. The van der Waals surface area contributed by atoms with Gasteiger partial charge in [0.05, 0.1) is 6.04 Å². The molecule has 1 saturated heterocycles. The summed E-state index contributed by atoms with van der Waals surface area (Å²) >= 11 is 3.56. The number of thiophene rings is 1. The largest absolute Gasteiger partial charge is 0.326 e. The maximum atomic E-state index is 12.9. The van der Waals surface area contributed by atoms with Gasteiger partial charge in [-0.25, -0.2) is 4.79 Å². The average molecular weight is 390 g/mol. The Morgan fingerprint density at radius 2 is 1.96 bits per heavy atom. The van der Waals surface area contributed by atoms with Gasteiger partial charge in [-0.15, -0.1) is 11.3 Å². The maximum absolute atomic E-state index is 12.9. The number of nitrogens with zero attached hydrogens (tertiary/aromatic N) is 2. The summed E-state index contributed by atoms with van der Waals surface area (Å²) in [6.07, 6.45) is 2.14. The number of benzene rings is 1. The molecule has 4 nitrogen and oxygen atoms in total. The highest BCUT2D eigenvalue weighted by molar-refractivity contribution is 7.98. The Hall–Kier alpha value is -1.50. The molecule has 1 aromatic carbocycles. The predicted molar refractivity (Wildman–Crippen MR) is 112 cm³/mol. The Balaban J connectivity index is 1.66. The molecule has 26 heavy (non-hydrogen) atoms. The van der Waals surface area contributed by atoms with Crippen LogP contribution in [0.5, 0.6) is 0 Å². The molecule has 0 radical (unpaired) electrons.